The first-order valence-corrected chi connectivity index (χ1v) is 5.37. The van der Waals surface area contributed by atoms with E-state index in [9.17, 15) is 0 Å². The van der Waals surface area contributed by atoms with Crippen molar-refractivity contribution in [2.24, 2.45) is 5.73 Å². The predicted molar refractivity (Wildman–Crippen MR) is 61.6 cm³/mol. The zero-order valence-corrected chi connectivity index (χ0v) is 9.37. The van der Waals surface area contributed by atoms with Crippen LogP contribution >= 0.6 is 15.9 Å². The summed E-state index contributed by atoms with van der Waals surface area (Å²) in [4.78, 5) is 0. The van der Waals surface area contributed by atoms with Crippen LogP contribution in [0.4, 0.5) is 0 Å². The van der Waals surface area contributed by atoms with E-state index in [2.05, 4.69) is 15.9 Å². The largest absolute Gasteiger partial charge is 0.464 e. The number of fused-ring (bicyclic) bond motifs is 2. The summed E-state index contributed by atoms with van der Waals surface area (Å²) in [6.07, 6.45) is 3.32. The molecule has 3 rings (SSSR count). The highest BCUT2D eigenvalue weighted by atomic mass is 79.9. The Morgan fingerprint density at radius 2 is 1.73 bits per heavy atom. The molecule has 1 aromatic carbocycles. The lowest BCUT2D eigenvalue weighted by Gasteiger charge is -2.02. The molecule has 0 unspecified atom stereocenters. The first kappa shape index (κ1) is 9.00. The van der Waals surface area contributed by atoms with Crippen molar-refractivity contribution in [3.63, 3.8) is 0 Å². The predicted octanol–water partition coefficient (Wildman–Crippen LogP) is 3.40. The van der Waals surface area contributed by atoms with Crippen molar-refractivity contribution < 1.29 is 8.83 Å². The van der Waals surface area contributed by atoms with Gasteiger partial charge in [0.15, 0.2) is 0 Å². The number of halogens is 1. The summed E-state index contributed by atoms with van der Waals surface area (Å²) < 4.78 is 11.8. The third-order valence-electron chi connectivity index (χ3n) is 2.57. The standard InChI is InChI=1S/C11H8BrNO2/c12-9-7-2-4-14-10(7)8(5-13)6-1-3-15-11(6)9/h1-4H,5,13H2. The van der Waals surface area contributed by atoms with Crippen LogP contribution in [0.5, 0.6) is 0 Å². The van der Waals surface area contributed by atoms with Gasteiger partial charge in [-0.15, -0.1) is 0 Å². The van der Waals surface area contributed by atoms with Gasteiger partial charge < -0.3 is 14.6 Å². The molecule has 0 saturated heterocycles. The zero-order chi connectivity index (χ0) is 10.4. The van der Waals surface area contributed by atoms with Crippen LogP contribution in [0.15, 0.2) is 38.0 Å². The van der Waals surface area contributed by atoms with E-state index < -0.39 is 0 Å². The summed E-state index contributed by atoms with van der Waals surface area (Å²) in [7, 11) is 0. The van der Waals surface area contributed by atoms with Crippen LogP contribution in [0.3, 0.4) is 0 Å². The van der Waals surface area contributed by atoms with Gasteiger partial charge in [-0.3, -0.25) is 0 Å². The number of rotatable bonds is 1. The topological polar surface area (TPSA) is 52.3 Å². The summed E-state index contributed by atoms with van der Waals surface area (Å²) in [5.41, 5.74) is 8.38. The van der Waals surface area contributed by atoms with E-state index in [-0.39, 0.29) is 0 Å². The molecule has 15 heavy (non-hydrogen) atoms. The number of furan rings is 2. The Morgan fingerprint density at radius 1 is 1.07 bits per heavy atom. The van der Waals surface area contributed by atoms with E-state index in [0.717, 1.165) is 32.0 Å². The molecule has 0 amide bonds. The lowest BCUT2D eigenvalue weighted by atomic mass is 10.1. The van der Waals surface area contributed by atoms with Gasteiger partial charge in [-0.2, -0.15) is 0 Å². The Labute approximate surface area is 94.0 Å². The van der Waals surface area contributed by atoms with Gasteiger partial charge in [-0.05, 0) is 28.1 Å². The van der Waals surface area contributed by atoms with Crippen molar-refractivity contribution in [3.05, 3.63) is 34.7 Å². The molecule has 76 valence electrons. The summed E-state index contributed by atoms with van der Waals surface area (Å²) in [6.45, 7) is 0.438. The zero-order valence-electron chi connectivity index (χ0n) is 7.79. The van der Waals surface area contributed by atoms with Crippen molar-refractivity contribution in [1.82, 2.24) is 0 Å². The van der Waals surface area contributed by atoms with E-state index in [4.69, 9.17) is 14.6 Å². The second-order valence-electron chi connectivity index (χ2n) is 3.32. The molecule has 0 radical (unpaired) electrons. The molecule has 0 fully saturated rings. The third-order valence-corrected chi connectivity index (χ3v) is 3.36. The highest BCUT2D eigenvalue weighted by Gasteiger charge is 2.15. The highest BCUT2D eigenvalue weighted by molar-refractivity contribution is 9.10. The van der Waals surface area contributed by atoms with Crippen LogP contribution < -0.4 is 5.73 Å². The molecule has 0 aliphatic rings. The maximum Gasteiger partial charge on any atom is 0.149 e. The van der Waals surface area contributed by atoms with Crippen LogP contribution in [-0.2, 0) is 6.54 Å². The van der Waals surface area contributed by atoms with E-state index in [0.29, 0.717) is 6.54 Å². The maximum absolute atomic E-state index is 5.73. The van der Waals surface area contributed by atoms with Gasteiger partial charge in [0.25, 0.3) is 0 Å². The Hall–Kier alpha value is -1.26. The van der Waals surface area contributed by atoms with Crippen LogP contribution in [0, 0.1) is 0 Å². The van der Waals surface area contributed by atoms with Crippen LogP contribution in [-0.4, -0.2) is 0 Å². The third kappa shape index (κ3) is 1.09. The van der Waals surface area contributed by atoms with Gasteiger partial charge in [0.2, 0.25) is 0 Å². The highest BCUT2D eigenvalue weighted by Crippen LogP contribution is 2.37. The Bertz CT molecular complexity index is 587. The minimum Gasteiger partial charge on any atom is -0.464 e. The van der Waals surface area contributed by atoms with Crippen molar-refractivity contribution in [2.45, 2.75) is 6.54 Å². The van der Waals surface area contributed by atoms with Gasteiger partial charge in [0.1, 0.15) is 11.2 Å². The molecule has 3 aromatic rings. The van der Waals surface area contributed by atoms with E-state index >= 15 is 0 Å². The fourth-order valence-electron chi connectivity index (χ4n) is 1.88. The lowest BCUT2D eigenvalue weighted by molar-refractivity contribution is 0.608. The first-order chi connectivity index (χ1) is 7.33. The average molecular weight is 266 g/mol. The molecule has 2 heterocycles. The quantitative estimate of drug-likeness (QED) is 0.734. The molecule has 0 spiro atoms. The molecule has 0 atom stereocenters. The fraction of sp³-hybridized carbons (Fsp3) is 0.0909. The summed E-state index contributed by atoms with van der Waals surface area (Å²) >= 11 is 3.51. The number of benzene rings is 1. The molecule has 0 saturated carbocycles. The molecular weight excluding hydrogens is 258 g/mol. The minimum absolute atomic E-state index is 0.438. The Kier molecular flexibility index (Phi) is 1.87. The van der Waals surface area contributed by atoms with E-state index in [1.165, 1.54) is 0 Å². The summed E-state index contributed by atoms with van der Waals surface area (Å²) in [5, 5.41) is 2.00. The second kappa shape index (κ2) is 3.12. The second-order valence-corrected chi connectivity index (χ2v) is 4.12. The van der Waals surface area contributed by atoms with Crippen molar-refractivity contribution in [3.8, 4) is 0 Å². The lowest BCUT2D eigenvalue weighted by Crippen LogP contribution is -1.97. The van der Waals surface area contributed by atoms with Gasteiger partial charge in [0, 0.05) is 22.9 Å². The molecule has 3 nitrogen and oxygen atoms in total. The minimum atomic E-state index is 0.438. The molecule has 0 aliphatic heterocycles. The van der Waals surface area contributed by atoms with E-state index in [1.54, 1.807) is 12.5 Å². The Balaban J connectivity index is 2.64. The normalized spacial score (nSPS) is 11.6. The van der Waals surface area contributed by atoms with Gasteiger partial charge in [-0.1, -0.05) is 0 Å². The molecule has 0 aliphatic carbocycles. The molecule has 2 aromatic heterocycles. The van der Waals surface area contributed by atoms with Crippen LogP contribution in [0.1, 0.15) is 5.56 Å². The van der Waals surface area contributed by atoms with Gasteiger partial charge in [0.05, 0.1) is 17.0 Å². The smallest absolute Gasteiger partial charge is 0.149 e. The SMILES string of the molecule is NCc1c2ccoc2c(Br)c2ccoc12. The van der Waals surface area contributed by atoms with Crippen molar-refractivity contribution >= 4 is 37.9 Å². The Morgan fingerprint density at radius 3 is 2.47 bits per heavy atom. The molecule has 0 bridgehead atoms. The van der Waals surface area contributed by atoms with Crippen LogP contribution in [0.2, 0.25) is 0 Å². The molecule has 4 heteroatoms. The van der Waals surface area contributed by atoms with Crippen molar-refractivity contribution in [1.29, 1.82) is 0 Å². The average Bonchev–Trinajstić information content (AvgIpc) is 2.85. The monoisotopic (exact) mass is 265 g/mol. The van der Waals surface area contributed by atoms with Gasteiger partial charge in [-0.25, -0.2) is 0 Å². The maximum atomic E-state index is 5.73. The number of hydrogen-bond acceptors (Lipinski definition) is 3. The summed E-state index contributed by atoms with van der Waals surface area (Å²) in [5.74, 6) is 0. The summed E-state index contributed by atoms with van der Waals surface area (Å²) in [6, 6.07) is 3.81. The molecule has 2 N–H and O–H groups in total. The number of hydrogen-bond donors (Lipinski definition) is 1. The van der Waals surface area contributed by atoms with Crippen molar-refractivity contribution in [2.75, 3.05) is 0 Å². The first-order valence-electron chi connectivity index (χ1n) is 4.57. The van der Waals surface area contributed by atoms with E-state index in [1.807, 2.05) is 12.1 Å². The number of nitrogens with two attached hydrogens (primary N) is 1. The fourth-order valence-corrected chi connectivity index (χ4v) is 2.50. The molecular formula is C11H8BrNO2. The van der Waals surface area contributed by atoms with Crippen LogP contribution in [0.25, 0.3) is 21.9 Å². The van der Waals surface area contributed by atoms with Gasteiger partial charge >= 0.3 is 0 Å².